The third-order valence-corrected chi connectivity index (χ3v) is 4.36. The molecule has 0 spiro atoms. The molecule has 0 unspecified atom stereocenters. The van der Waals surface area contributed by atoms with Gasteiger partial charge in [0.1, 0.15) is 5.75 Å². The van der Waals surface area contributed by atoms with E-state index in [1.54, 1.807) is 25.3 Å². The van der Waals surface area contributed by atoms with Gasteiger partial charge in [-0.1, -0.05) is 18.5 Å². The quantitative estimate of drug-likeness (QED) is 0.901. The maximum Gasteiger partial charge on any atom is 0.265 e. The van der Waals surface area contributed by atoms with Crippen molar-refractivity contribution in [1.29, 1.82) is 0 Å². The van der Waals surface area contributed by atoms with E-state index in [4.69, 9.17) is 16.3 Å². The average molecular weight is 310 g/mol. The largest absolute Gasteiger partial charge is 0.495 e. The number of amides is 1. The van der Waals surface area contributed by atoms with Crippen LogP contribution >= 0.6 is 22.9 Å². The zero-order valence-corrected chi connectivity index (χ0v) is 13.2. The van der Waals surface area contributed by atoms with Crippen LogP contribution in [0.1, 0.15) is 27.0 Å². The highest BCUT2D eigenvalue weighted by Crippen LogP contribution is 2.29. The van der Waals surface area contributed by atoms with Crippen molar-refractivity contribution in [2.24, 2.45) is 0 Å². The summed E-state index contributed by atoms with van der Waals surface area (Å²) in [6.45, 7) is 4.11. The first-order valence-corrected chi connectivity index (χ1v) is 7.48. The molecular weight excluding hydrogens is 294 g/mol. The molecule has 1 amide bonds. The number of hydrogen-bond acceptors (Lipinski definition) is 3. The SMILES string of the molecule is CCc1cc(C(=O)Nc2cc(Cl)ccc2OC)sc1C. The van der Waals surface area contributed by atoms with Gasteiger partial charge in [0.15, 0.2) is 0 Å². The van der Waals surface area contributed by atoms with E-state index < -0.39 is 0 Å². The lowest BCUT2D eigenvalue weighted by atomic mass is 10.2. The van der Waals surface area contributed by atoms with Crippen molar-refractivity contribution in [2.75, 3.05) is 12.4 Å². The van der Waals surface area contributed by atoms with Crippen molar-refractivity contribution in [3.05, 3.63) is 44.6 Å². The molecule has 3 nitrogen and oxygen atoms in total. The van der Waals surface area contributed by atoms with Gasteiger partial charge in [0.05, 0.1) is 17.7 Å². The Balaban J connectivity index is 2.25. The van der Waals surface area contributed by atoms with Crippen molar-refractivity contribution in [1.82, 2.24) is 0 Å². The number of benzene rings is 1. The molecule has 0 aliphatic heterocycles. The molecule has 1 aromatic heterocycles. The number of carbonyl (C=O) groups excluding carboxylic acids is 1. The van der Waals surface area contributed by atoms with Crippen LogP contribution in [0.25, 0.3) is 0 Å². The average Bonchev–Trinajstić information content (AvgIpc) is 2.80. The van der Waals surface area contributed by atoms with Crippen LogP contribution in [0.15, 0.2) is 24.3 Å². The molecule has 0 aliphatic carbocycles. The Labute approximate surface area is 127 Å². The second-order valence-electron chi connectivity index (χ2n) is 4.34. The molecule has 1 aromatic carbocycles. The molecule has 20 heavy (non-hydrogen) atoms. The Kier molecular flexibility index (Phi) is 4.68. The van der Waals surface area contributed by atoms with Gasteiger partial charge < -0.3 is 10.1 Å². The molecule has 106 valence electrons. The topological polar surface area (TPSA) is 38.3 Å². The molecule has 0 atom stereocenters. The van der Waals surface area contributed by atoms with E-state index in [1.807, 2.05) is 13.0 Å². The van der Waals surface area contributed by atoms with Crippen LogP contribution in [0, 0.1) is 6.92 Å². The van der Waals surface area contributed by atoms with Crippen LogP contribution in [0.3, 0.4) is 0 Å². The lowest BCUT2D eigenvalue weighted by Crippen LogP contribution is -2.11. The Bertz CT molecular complexity index is 637. The van der Waals surface area contributed by atoms with E-state index in [9.17, 15) is 4.79 Å². The van der Waals surface area contributed by atoms with Gasteiger partial charge in [-0.25, -0.2) is 0 Å². The second kappa shape index (κ2) is 6.29. The molecule has 0 saturated carbocycles. The molecule has 5 heteroatoms. The minimum absolute atomic E-state index is 0.140. The predicted octanol–water partition coefficient (Wildman–Crippen LogP) is 4.53. The fourth-order valence-corrected chi connectivity index (χ4v) is 3.13. The predicted molar refractivity (Wildman–Crippen MR) is 84.4 cm³/mol. The van der Waals surface area contributed by atoms with Gasteiger partial charge in [-0.05, 0) is 43.2 Å². The zero-order valence-electron chi connectivity index (χ0n) is 11.6. The van der Waals surface area contributed by atoms with Gasteiger partial charge in [0, 0.05) is 9.90 Å². The van der Waals surface area contributed by atoms with Crippen molar-refractivity contribution in [3.8, 4) is 5.75 Å². The minimum Gasteiger partial charge on any atom is -0.495 e. The molecule has 0 aliphatic rings. The van der Waals surface area contributed by atoms with Crippen LogP contribution in [-0.4, -0.2) is 13.0 Å². The van der Waals surface area contributed by atoms with Crippen molar-refractivity contribution < 1.29 is 9.53 Å². The summed E-state index contributed by atoms with van der Waals surface area (Å²) in [7, 11) is 1.56. The number of aryl methyl sites for hydroxylation is 2. The van der Waals surface area contributed by atoms with Gasteiger partial charge in [-0.15, -0.1) is 11.3 Å². The number of nitrogens with one attached hydrogen (secondary N) is 1. The zero-order chi connectivity index (χ0) is 14.7. The van der Waals surface area contributed by atoms with E-state index >= 15 is 0 Å². The minimum atomic E-state index is -0.140. The van der Waals surface area contributed by atoms with Gasteiger partial charge >= 0.3 is 0 Å². The lowest BCUT2D eigenvalue weighted by Gasteiger charge is -2.09. The number of rotatable bonds is 4. The summed E-state index contributed by atoms with van der Waals surface area (Å²) in [4.78, 5) is 14.1. The number of thiophene rings is 1. The summed E-state index contributed by atoms with van der Waals surface area (Å²) in [6.07, 6.45) is 0.927. The first-order valence-electron chi connectivity index (χ1n) is 6.29. The maximum atomic E-state index is 12.3. The van der Waals surface area contributed by atoms with Crippen LogP contribution in [-0.2, 0) is 6.42 Å². The summed E-state index contributed by atoms with van der Waals surface area (Å²) in [5, 5.41) is 3.40. The van der Waals surface area contributed by atoms with Gasteiger partial charge in [-0.3, -0.25) is 4.79 Å². The molecule has 0 saturated heterocycles. The van der Waals surface area contributed by atoms with Gasteiger partial charge in [0.25, 0.3) is 5.91 Å². The maximum absolute atomic E-state index is 12.3. The fraction of sp³-hybridized carbons (Fsp3) is 0.267. The van der Waals surface area contributed by atoms with Crippen molar-refractivity contribution >= 4 is 34.5 Å². The van der Waals surface area contributed by atoms with E-state index in [1.165, 1.54) is 21.8 Å². The van der Waals surface area contributed by atoms with Gasteiger partial charge in [-0.2, -0.15) is 0 Å². The number of halogens is 1. The highest BCUT2D eigenvalue weighted by atomic mass is 35.5. The summed E-state index contributed by atoms with van der Waals surface area (Å²) < 4.78 is 5.22. The molecule has 1 heterocycles. The Hall–Kier alpha value is -1.52. The highest BCUT2D eigenvalue weighted by molar-refractivity contribution is 7.14. The van der Waals surface area contributed by atoms with E-state index in [2.05, 4.69) is 12.2 Å². The Morgan fingerprint density at radius 1 is 1.40 bits per heavy atom. The summed E-state index contributed by atoms with van der Waals surface area (Å²) in [5.74, 6) is 0.449. The van der Waals surface area contributed by atoms with Crippen molar-refractivity contribution in [3.63, 3.8) is 0 Å². The standard InChI is InChI=1S/C15H16ClNO2S/c1-4-10-7-14(20-9(10)2)15(18)17-12-8-11(16)5-6-13(12)19-3/h5-8H,4H2,1-3H3,(H,17,18). The Morgan fingerprint density at radius 3 is 2.75 bits per heavy atom. The monoisotopic (exact) mass is 309 g/mol. The fourth-order valence-electron chi connectivity index (χ4n) is 1.94. The molecule has 0 bridgehead atoms. The molecule has 0 radical (unpaired) electrons. The van der Waals surface area contributed by atoms with E-state index in [-0.39, 0.29) is 5.91 Å². The van der Waals surface area contributed by atoms with E-state index in [0.717, 1.165) is 6.42 Å². The lowest BCUT2D eigenvalue weighted by molar-refractivity contribution is 0.103. The normalized spacial score (nSPS) is 10.4. The molecule has 1 N–H and O–H groups in total. The van der Waals surface area contributed by atoms with Crippen LogP contribution in [0.2, 0.25) is 5.02 Å². The summed E-state index contributed by atoms with van der Waals surface area (Å²) >= 11 is 7.45. The number of ether oxygens (including phenoxy) is 1. The van der Waals surface area contributed by atoms with Crippen LogP contribution in [0.4, 0.5) is 5.69 Å². The molecule has 2 rings (SSSR count). The number of methoxy groups -OCH3 is 1. The third-order valence-electron chi connectivity index (χ3n) is 3.04. The first kappa shape index (κ1) is 14.9. The van der Waals surface area contributed by atoms with Crippen LogP contribution < -0.4 is 10.1 Å². The summed E-state index contributed by atoms with van der Waals surface area (Å²) in [6, 6.07) is 7.07. The first-order chi connectivity index (χ1) is 9.55. The molecule has 2 aromatic rings. The summed E-state index contributed by atoms with van der Waals surface area (Å²) in [5.41, 5.74) is 1.78. The highest BCUT2D eigenvalue weighted by Gasteiger charge is 2.14. The third kappa shape index (κ3) is 3.14. The number of anilines is 1. The number of hydrogen-bond donors (Lipinski definition) is 1. The molecule has 0 fully saturated rings. The molecular formula is C15H16ClNO2S. The van der Waals surface area contributed by atoms with Crippen LogP contribution in [0.5, 0.6) is 5.75 Å². The van der Waals surface area contributed by atoms with Crippen molar-refractivity contribution in [2.45, 2.75) is 20.3 Å². The van der Waals surface area contributed by atoms with Gasteiger partial charge in [0.2, 0.25) is 0 Å². The second-order valence-corrected chi connectivity index (χ2v) is 6.04. The number of carbonyl (C=O) groups is 1. The van der Waals surface area contributed by atoms with E-state index in [0.29, 0.717) is 21.3 Å². The Morgan fingerprint density at radius 2 is 2.15 bits per heavy atom. The smallest absolute Gasteiger partial charge is 0.265 e.